The van der Waals surface area contributed by atoms with Crippen LogP contribution in [0, 0.1) is 0 Å². The lowest BCUT2D eigenvalue weighted by Crippen LogP contribution is -2.48. The highest BCUT2D eigenvalue weighted by Crippen LogP contribution is 2.30. The van der Waals surface area contributed by atoms with Gasteiger partial charge in [-0.1, -0.05) is 44.2 Å². The molecule has 1 fully saturated rings. The lowest BCUT2D eigenvalue weighted by molar-refractivity contribution is 0.0746. The summed E-state index contributed by atoms with van der Waals surface area (Å²) < 4.78 is 17.6. The van der Waals surface area contributed by atoms with Gasteiger partial charge in [0, 0.05) is 37.3 Å². The van der Waals surface area contributed by atoms with Crippen molar-refractivity contribution in [1.29, 1.82) is 0 Å². The maximum absolute atomic E-state index is 13.4. The third-order valence-electron chi connectivity index (χ3n) is 6.52. The number of amides is 1. The van der Waals surface area contributed by atoms with Crippen molar-refractivity contribution in [3.8, 4) is 17.2 Å². The molecule has 1 heterocycles. The summed E-state index contributed by atoms with van der Waals surface area (Å²) in [5, 5.41) is 0. The monoisotopic (exact) mass is 488 g/mol. The van der Waals surface area contributed by atoms with Crippen molar-refractivity contribution in [2.45, 2.75) is 33.3 Å². The SMILES string of the molecule is CCOc1ccc(C(=O)N2CCN(c3ccccc3OC)CC2)cc1COc1ccccc1C(C)C. The standard InChI is InChI=1S/C30H36N2O4/c1-5-35-27-15-14-23(20-24(27)21-36-28-12-8-6-10-25(28)22(2)3)30(33)32-18-16-31(17-19-32)26-11-7-9-13-29(26)34-4/h6-15,20,22H,5,16-19,21H2,1-4H3. The summed E-state index contributed by atoms with van der Waals surface area (Å²) in [5.74, 6) is 2.85. The minimum absolute atomic E-state index is 0.0292. The smallest absolute Gasteiger partial charge is 0.253 e. The van der Waals surface area contributed by atoms with Crippen LogP contribution in [-0.2, 0) is 6.61 Å². The summed E-state index contributed by atoms with van der Waals surface area (Å²) in [6, 6.07) is 21.8. The summed E-state index contributed by atoms with van der Waals surface area (Å²) in [6.45, 7) is 9.96. The van der Waals surface area contributed by atoms with E-state index in [4.69, 9.17) is 14.2 Å². The Morgan fingerprint density at radius 3 is 2.25 bits per heavy atom. The van der Waals surface area contributed by atoms with Gasteiger partial charge in [-0.25, -0.2) is 0 Å². The molecule has 3 aromatic rings. The molecule has 0 unspecified atom stereocenters. The second-order valence-corrected chi connectivity index (χ2v) is 9.19. The molecule has 0 aromatic heterocycles. The Morgan fingerprint density at radius 1 is 0.861 bits per heavy atom. The van der Waals surface area contributed by atoms with E-state index in [0.29, 0.717) is 37.8 Å². The number of nitrogens with zero attached hydrogens (tertiary/aromatic N) is 2. The van der Waals surface area contributed by atoms with Crippen LogP contribution >= 0.6 is 0 Å². The average molecular weight is 489 g/mol. The minimum Gasteiger partial charge on any atom is -0.495 e. The molecule has 0 bridgehead atoms. The molecule has 0 spiro atoms. The number of piperazine rings is 1. The van der Waals surface area contributed by atoms with Crippen LogP contribution in [0.3, 0.4) is 0 Å². The molecule has 1 amide bonds. The molecular weight excluding hydrogens is 452 g/mol. The average Bonchev–Trinajstić information content (AvgIpc) is 2.92. The van der Waals surface area contributed by atoms with Gasteiger partial charge in [0.05, 0.1) is 19.4 Å². The lowest BCUT2D eigenvalue weighted by Gasteiger charge is -2.36. The molecule has 1 saturated heterocycles. The Kier molecular flexibility index (Phi) is 8.36. The lowest BCUT2D eigenvalue weighted by atomic mass is 10.0. The molecule has 4 rings (SSSR count). The van der Waals surface area contributed by atoms with E-state index >= 15 is 0 Å². The molecule has 1 aliphatic heterocycles. The van der Waals surface area contributed by atoms with Crippen molar-refractivity contribution in [2.75, 3.05) is 44.8 Å². The number of hydrogen-bond donors (Lipinski definition) is 0. The Bertz CT molecular complexity index is 1170. The van der Waals surface area contributed by atoms with E-state index in [1.54, 1.807) is 7.11 Å². The molecule has 6 nitrogen and oxygen atoms in total. The second-order valence-electron chi connectivity index (χ2n) is 9.19. The van der Waals surface area contributed by atoms with Crippen molar-refractivity contribution in [1.82, 2.24) is 4.90 Å². The fraction of sp³-hybridized carbons (Fsp3) is 0.367. The van der Waals surface area contributed by atoms with Crippen molar-refractivity contribution in [2.24, 2.45) is 0 Å². The number of hydrogen-bond acceptors (Lipinski definition) is 5. The van der Waals surface area contributed by atoms with Crippen LogP contribution in [0.5, 0.6) is 17.2 Å². The molecular formula is C30H36N2O4. The number of anilines is 1. The Hall–Kier alpha value is -3.67. The molecule has 0 radical (unpaired) electrons. The Labute approximate surface area is 214 Å². The van der Waals surface area contributed by atoms with Crippen LogP contribution in [0.25, 0.3) is 0 Å². The summed E-state index contributed by atoms with van der Waals surface area (Å²) in [7, 11) is 1.69. The van der Waals surface area contributed by atoms with Gasteiger partial charge in [0.15, 0.2) is 0 Å². The van der Waals surface area contributed by atoms with E-state index in [2.05, 4.69) is 30.9 Å². The molecule has 0 atom stereocenters. The molecule has 1 aliphatic rings. The molecule has 0 saturated carbocycles. The highest BCUT2D eigenvalue weighted by atomic mass is 16.5. The molecule has 36 heavy (non-hydrogen) atoms. The normalized spacial score (nSPS) is 13.6. The first kappa shape index (κ1) is 25.4. The van der Waals surface area contributed by atoms with Crippen LogP contribution in [-0.4, -0.2) is 50.7 Å². The Balaban J connectivity index is 1.47. The van der Waals surface area contributed by atoms with E-state index in [-0.39, 0.29) is 5.91 Å². The topological polar surface area (TPSA) is 51.2 Å². The van der Waals surface area contributed by atoms with E-state index in [0.717, 1.165) is 47.2 Å². The van der Waals surface area contributed by atoms with Crippen molar-refractivity contribution in [3.63, 3.8) is 0 Å². The van der Waals surface area contributed by atoms with Crippen LogP contribution < -0.4 is 19.1 Å². The Morgan fingerprint density at radius 2 is 1.56 bits per heavy atom. The zero-order chi connectivity index (χ0) is 25.5. The highest BCUT2D eigenvalue weighted by molar-refractivity contribution is 5.94. The van der Waals surface area contributed by atoms with E-state index < -0.39 is 0 Å². The van der Waals surface area contributed by atoms with Crippen molar-refractivity contribution < 1.29 is 19.0 Å². The number of ether oxygens (including phenoxy) is 3. The van der Waals surface area contributed by atoms with Gasteiger partial charge in [-0.05, 0) is 54.8 Å². The first-order valence-electron chi connectivity index (χ1n) is 12.7. The van der Waals surface area contributed by atoms with E-state index in [1.165, 1.54) is 0 Å². The van der Waals surface area contributed by atoms with Crippen molar-refractivity contribution in [3.05, 3.63) is 83.4 Å². The second kappa shape index (κ2) is 11.8. The largest absolute Gasteiger partial charge is 0.495 e. The molecule has 0 N–H and O–H groups in total. The molecule has 6 heteroatoms. The number of carbonyl (C=O) groups is 1. The zero-order valence-corrected chi connectivity index (χ0v) is 21.7. The van der Waals surface area contributed by atoms with Crippen LogP contribution in [0.1, 0.15) is 48.2 Å². The minimum atomic E-state index is 0.0292. The third-order valence-corrected chi connectivity index (χ3v) is 6.52. The quantitative estimate of drug-likeness (QED) is 0.383. The maximum Gasteiger partial charge on any atom is 0.253 e. The number of carbonyl (C=O) groups excluding carboxylic acids is 1. The van der Waals surface area contributed by atoms with Gasteiger partial charge in [0.25, 0.3) is 5.91 Å². The molecule has 3 aromatic carbocycles. The number of benzene rings is 3. The zero-order valence-electron chi connectivity index (χ0n) is 21.7. The fourth-order valence-corrected chi connectivity index (χ4v) is 4.59. The summed E-state index contributed by atoms with van der Waals surface area (Å²) in [4.78, 5) is 17.6. The van der Waals surface area contributed by atoms with Gasteiger partial charge in [-0.15, -0.1) is 0 Å². The fourth-order valence-electron chi connectivity index (χ4n) is 4.59. The number of methoxy groups -OCH3 is 1. The number of para-hydroxylation sites is 3. The number of rotatable bonds is 9. The first-order valence-corrected chi connectivity index (χ1v) is 12.7. The van der Waals surface area contributed by atoms with Gasteiger partial charge < -0.3 is 24.0 Å². The van der Waals surface area contributed by atoms with Gasteiger partial charge in [0.2, 0.25) is 0 Å². The first-order chi connectivity index (χ1) is 17.5. The summed E-state index contributed by atoms with van der Waals surface area (Å²) in [5.41, 5.74) is 3.75. The van der Waals surface area contributed by atoms with Crippen LogP contribution in [0.2, 0.25) is 0 Å². The molecule has 0 aliphatic carbocycles. The molecule has 190 valence electrons. The van der Waals surface area contributed by atoms with Gasteiger partial charge in [-0.3, -0.25) is 4.79 Å². The summed E-state index contributed by atoms with van der Waals surface area (Å²) >= 11 is 0. The maximum atomic E-state index is 13.4. The van der Waals surface area contributed by atoms with E-state index in [9.17, 15) is 4.79 Å². The third kappa shape index (κ3) is 5.76. The van der Waals surface area contributed by atoms with Crippen molar-refractivity contribution >= 4 is 11.6 Å². The summed E-state index contributed by atoms with van der Waals surface area (Å²) in [6.07, 6.45) is 0. The van der Waals surface area contributed by atoms with Gasteiger partial charge in [0.1, 0.15) is 23.9 Å². The highest BCUT2D eigenvalue weighted by Gasteiger charge is 2.24. The van der Waals surface area contributed by atoms with Gasteiger partial charge in [-0.2, -0.15) is 0 Å². The predicted octanol–water partition coefficient (Wildman–Crippen LogP) is 5.76. The predicted molar refractivity (Wildman–Crippen MR) is 144 cm³/mol. The van der Waals surface area contributed by atoms with E-state index in [1.807, 2.05) is 66.4 Å². The van der Waals surface area contributed by atoms with Gasteiger partial charge >= 0.3 is 0 Å². The van der Waals surface area contributed by atoms with Crippen LogP contribution in [0.4, 0.5) is 5.69 Å². The van der Waals surface area contributed by atoms with Crippen LogP contribution in [0.15, 0.2) is 66.7 Å².